The minimum atomic E-state index is 0.458. The Kier molecular flexibility index (Phi) is 4.21. The Bertz CT molecular complexity index is 657. The highest BCUT2D eigenvalue weighted by Gasteiger charge is 2.21. The quantitative estimate of drug-likeness (QED) is 0.942. The van der Waals surface area contributed by atoms with Crippen LogP contribution in [0.15, 0.2) is 24.3 Å². The molecule has 1 atom stereocenters. The summed E-state index contributed by atoms with van der Waals surface area (Å²) in [6.45, 7) is 2.96. The number of fused-ring (bicyclic) bond motifs is 1. The van der Waals surface area contributed by atoms with E-state index in [0.717, 1.165) is 12.2 Å². The molecule has 0 amide bonds. The van der Waals surface area contributed by atoms with Crippen LogP contribution in [0, 0.1) is 6.92 Å². The molecule has 0 bridgehead atoms. The molecule has 0 unspecified atom stereocenters. The van der Waals surface area contributed by atoms with Gasteiger partial charge in [0.2, 0.25) is 0 Å². The van der Waals surface area contributed by atoms with Crippen LogP contribution in [0.5, 0.6) is 0 Å². The molecule has 22 heavy (non-hydrogen) atoms. The summed E-state index contributed by atoms with van der Waals surface area (Å²) in [5.74, 6) is 1.19. The van der Waals surface area contributed by atoms with Crippen LogP contribution in [-0.4, -0.2) is 23.9 Å². The van der Waals surface area contributed by atoms with Crippen LogP contribution >= 0.6 is 0 Å². The normalized spacial score (nSPS) is 17.4. The zero-order valence-electron chi connectivity index (χ0n) is 14.1. The van der Waals surface area contributed by atoms with Gasteiger partial charge in [-0.05, 0) is 37.3 Å². The van der Waals surface area contributed by atoms with Crippen molar-refractivity contribution in [3.05, 3.63) is 46.6 Å². The van der Waals surface area contributed by atoms with Crippen molar-refractivity contribution in [3.63, 3.8) is 0 Å². The van der Waals surface area contributed by atoms with Gasteiger partial charge in [0.05, 0.1) is 5.69 Å². The maximum atomic E-state index is 4.58. The van der Waals surface area contributed by atoms with Crippen molar-refractivity contribution in [1.29, 1.82) is 0 Å². The van der Waals surface area contributed by atoms with Gasteiger partial charge in [-0.3, -0.25) is 4.68 Å². The molecule has 118 valence electrons. The van der Waals surface area contributed by atoms with E-state index in [2.05, 4.69) is 60.6 Å². The van der Waals surface area contributed by atoms with Crippen LogP contribution in [0.1, 0.15) is 41.3 Å². The average Bonchev–Trinajstić information content (AvgIpc) is 2.79. The Morgan fingerprint density at radius 2 is 2.09 bits per heavy atom. The highest BCUT2D eigenvalue weighted by Crippen LogP contribution is 2.30. The van der Waals surface area contributed by atoms with E-state index in [1.165, 1.54) is 41.8 Å². The number of hydrogen-bond donors (Lipinski definition) is 1. The summed E-state index contributed by atoms with van der Waals surface area (Å²) in [5, 5.41) is 8.34. The number of hydrogen-bond acceptors (Lipinski definition) is 3. The lowest BCUT2D eigenvalue weighted by atomic mass is 9.87. The van der Waals surface area contributed by atoms with Crippen LogP contribution in [0.2, 0.25) is 0 Å². The molecule has 1 heterocycles. The lowest BCUT2D eigenvalue weighted by Gasteiger charge is -2.27. The van der Waals surface area contributed by atoms with E-state index in [-0.39, 0.29) is 0 Å². The van der Waals surface area contributed by atoms with Crippen LogP contribution in [0.25, 0.3) is 0 Å². The lowest BCUT2D eigenvalue weighted by Crippen LogP contribution is -2.26. The molecule has 0 aliphatic heterocycles. The lowest BCUT2D eigenvalue weighted by molar-refractivity contribution is 0.458. The van der Waals surface area contributed by atoms with Gasteiger partial charge < -0.3 is 10.2 Å². The third-order valence-electron chi connectivity index (χ3n) is 4.63. The molecule has 0 radical (unpaired) electrons. The molecular formula is C18H26N4. The monoisotopic (exact) mass is 298 g/mol. The molecule has 0 saturated heterocycles. The van der Waals surface area contributed by atoms with Gasteiger partial charge in [-0.1, -0.05) is 24.3 Å². The maximum absolute atomic E-state index is 4.58. The van der Waals surface area contributed by atoms with E-state index < -0.39 is 0 Å². The predicted molar refractivity (Wildman–Crippen MR) is 91.2 cm³/mol. The number of nitrogens with zero attached hydrogens (tertiary/aromatic N) is 3. The summed E-state index contributed by atoms with van der Waals surface area (Å²) in [4.78, 5) is 2.14. The summed E-state index contributed by atoms with van der Waals surface area (Å²) in [6.07, 6.45) is 3.69. The molecule has 0 fully saturated rings. The van der Waals surface area contributed by atoms with Crippen LogP contribution in [0.4, 0.5) is 5.82 Å². The highest BCUT2D eigenvalue weighted by molar-refractivity contribution is 5.49. The van der Waals surface area contributed by atoms with Gasteiger partial charge in [0.25, 0.3) is 0 Å². The first-order valence-electron chi connectivity index (χ1n) is 8.09. The van der Waals surface area contributed by atoms with E-state index in [1.54, 1.807) is 0 Å². The Morgan fingerprint density at radius 3 is 2.86 bits per heavy atom. The average molecular weight is 298 g/mol. The summed E-state index contributed by atoms with van der Waals surface area (Å²) < 4.78 is 1.97. The fourth-order valence-electron chi connectivity index (χ4n) is 3.65. The van der Waals surface area contributed by atoms with Crippen molar-refractivity contribution in [3.8, 4) is 0 Å². The molecule has 1 N–H and O–H groups in total. The maximum Gasteiger partial charge on any atom is 0.130 e. The zero-order chi connectivity index (χ0) is 15.7. The first-order valence-corrected chi connectivity index (χ1v) is 8.09. The fourth-order valence-corrected chi connectivity index (χ4v) is 3.65. The molecule has 1 aromatic carbocycles. The molecule has 1 aliphatic carbocycles. The minimum Gasteiger partial charge on any atom is -0.363 e. The van der Waals surface area contributed by atoms with Crippen molar-refractivity contribution in [2.45, 2.75) is 38.8 Å². The van der Waals surface area contributed by atoms with Crippen molar-refractivity contribution >= 4 is 5.82 Å². The van der Waals surface area contributed by atoms with Crippen LogP contribution < -0.4 is 10.2 Å². The minimum absolute atomic E-state index is 0.458. The summed E-state index contributed by atoms with van der Waals surface area (Å²) in [5.41, 5.74) is 5.39. The highest BCUT2D eigenvalue weighted by atomic mass is 15.4. The molecule has 1 aliphatic rings. The first kappa shape index (κ1) is 15.1. The fraction of sp³-hybridized carbons (Fsp3) is 0.500. The SMILES string of the molecule is Cc1nn(C)c(N(C)C)c1CN[C@@H]1CCCc2ccccc21. The predicted octanol–water partition coefficient (Wildman–Crippen LogP) is 2.96. The number of aryl methyl sites for hydroxylation is 3. The number of benzene rings is 1. The number of aromatic nitrogens is 2. The van der Waals surface area contributed by atoms with Crippen molar-refractivity contribution < 1.29 is 0 Å². The Balaban J connectivity index is 1.80. The summed E-state index contributed by atoms with van der Waals surface area (Å²) >= 11 is 0. The molecule has 4 heteroatoms. The van der Waals surface area contributed by atoms with Gasteiger partial charge in [-0.25, -0.2) is 0 Å². The van der Waals surface area contributed by atoms with Gasteiger partial charge in [-0.15, -0.1) is 0 Å². The number of nitrogens with one attached hydrogen (secondary N) is 1. The molecule has 2 aromatic rings. The summed E-state index contributed by atoms with van der Waals surface area (Å²) in [7, 11) is 6.17. The second-order valence-corrected chi connectivity index (χ2v) is 6.43. The summed E-state index contributed by atoms with van der Waals surface area (Å²) in [6, 6.07) is 9.30. The van der Waals surface area contributed by atoms with E-state index in [4.69, 9.17) is 0 Å². The van der Waals surface area contributed by atoms with E-state index in [0.29, 0.717) is 6.04 Å². The van der Waals surface area contributed by atoms with Crippen molar-refractivity contribution in [2.24, 2.45) is 7.05 Å². The second-order valence-electron chi connectivity index (χ2n) is 6.43. The Labute approximate surface area is 133 Å². The van der Waals surface area contributed by atoms with Crippen LogP contribution in [-0.2, 0) is 20.0 Å². The van der Waals surface area contributed by atoms with Gasteiger partial charge in [0.1, 0.15) is 5.82 Å². The second kappa shape index (κ2) is 6.13. The number of anilines is 1. The van der Waals surface area contributed by atoms with E-state index in [1.807, 2.05) is 11.7 Å². The Hall–Kier alpha value is -1.81. The van der Waals surface area contributed by atoms with Crippen molar-refractivity contribution in [1.82, 2.24) is 15.1 Å². The molecular weight excluding hydrogens is 272 g/mol. The molecule has 3 rings (SSSR count). The van der Waals surface area contributed by atoms with Crippen molar-refractivity contribution in [2.75, 3.05) is 19.0 Å². The van der Waals surface area contributed by atoms with Crippen LogP contribution in [0.3, 0.4) is 0 Å². The van der Waals surface area contributed by atoms with Gasteiger partial charge >= 0.3 is 0 Å². The van der Waals surface area contributed by atoms with Gasteiger partial charge in [0, 0.05) is 39.3 Å². The van der Waals surface area contributed by atoms with E-state index in [9.17, 15) is 0 Å². The third kappa shape index (κ3) is 2.75. The topological polar surface area (TPSA) is 33.1 Å². The Morgan fingerprint density at radius 1 is 1.32 bits per heavy atom. The first-order chi connectivity index (χ1) is 10.6. The van der Waals surface area contributed by atoms with Gasteiger partial charge in [0.15, 0.2) is 0 Å². The van der Waals surface area contributed by atoms with Gasteiger partial charge in [-0.2, -0.15) is 5.10 Å². The molecule has 1 aromatic heterocycles. The van der Waals surface area contributed by atoms with E-state index >= 15 is 0 Å². The molecule has 0 spiro atoms. The standard InChI is InChI=1S/C18H26N4/c1-13-16(18(21(2)3)22(4)20-13)12-19-17-11-7-9-14-8-5-6-10-15(14)17/h5-6,8,10,17,19H,7,9,11-12H2,1-4H3/t17-/m1/s1. The number of rotatable bonds is 4. The largest absolute Gasteiger partial charge is 0.363 e. The third-order valence-corrected chi connectivity index (χ3v) is 4.63. The zero-order valence-corrected chi connectivity index (χ0v) is 14.1. The smallest absolute Gasteiger partial charge is 0.130 e. The molecule has 4 nitrogen and oxygen atoms in total. The molecule has 0 saturated carbocycles.